The third-order valence-corrected chi connectivity index (χ3v) is 8.40. The first-order chi connectivity index (χ1) is 18.4. The first-order valence-corrected chi connectivity index (χ1v) is 13.7. The van der Waals surface area contributed by atoms with Crippen LogP contribution < -0.4 is 0 Å². The van der Waals surface area contributed by atoms with Gasteiger partial charge < -0.3 is 24.4 Å². The maximum Gasteiger partial charge on any atom is 0.312 e. The number of aliphatic hydroxyl groups excluding tert-OH is 1. The van der Waals surface area contributed by atoms with Crippen LogP contribution in [0.4, 0.5) is 0 Å². The van der Waals surface area contributed by atoms with Crippen molar-refractivity contribution in [3.05, 3.63) is 61.2 Å². The summed E-state index contributed by atoms with van der Waals surface area (Å²) in [7, 11) is 0. The van der Waals surface area contributed by atoms with E-state index in [9.17, 15) is 19.5 Å². The summed E-state index contributed by atoms with van der Waals surface area (Å²) in [6.45, 7) is 10.5. The van der Waals surface area contributed by atoms with E-state index in [1.54, 1.807) is 22.0 Å². The molecular weight excluding hydrogens is 484 g/mol. The van der Waals surface area contributed by atoms with Gasteiger partial charge in [0.1, 0.15) is 17.6 Å². The van der Waals surface area contributed by atoms with Gasteiger partial charge in [-0.25, -0.2) is 0 Å². The Kier molecular flexibility index (Phi) is 8.73. The van der Waals surface area contributed by atoms with E-state index < -0.39 is 35.0 Å². The van der Waals surface area contributed by atoms with E-state index in [2.05, 4.69) is 13.2 Å². The fourth-order valence-corrected chi connectivity index (χ4v) is 6.69. The van der Waals surface area contributed by atoms with Crippen molar-refractivity contribution in [1.29, 1.82) is 0 Å². The largest absolute Gasteiger partial charge is 0.465 e. The standard InChI is InChI=1S/C30H40N2O6/c1-4-7-11-20-37-28(36)24-23-26(34)32(18-12-19-33)25(30(23)16-15-29(24,6-3)38-30)27(35)31(17-5-2)21-22-13-9-8-10-14-22/h4-5,8-10,13-14,23-25,33H,1-2,6-7,11-12,15-21H2,3H3/t23-,24+,25?,29-,30?/m0/s1. The first kappa shape index (κ1) is 28.0. The number of rotatable bonds is 14. The third-order valence-electron chi connectivity index (χ3n) is 8.40. The Hall–Kier alpha value is -2.97. The Morgan fingerprint density at radius 1 is 1.21 bits per heavy atom. The molecule has 3 aliphatic heterocycles. The number of carbonyl (C=O) groups excluding carboxylic acids is 3. The van der Waals surface area contributed by atoms with Crippen LogP contribution in [-0.2, 0) is 30.4 Å². The van der Waals surface area contributed by atoms with Gasteiger partial charge in [-0.3, -0.25) is 14.4 Å². The highest BCUT2D eigenvalue weighted by Gasteiger charge is 2.79. The van der Waals surface area contributed by atoms with Crippen LogP contribution in [0.2, 0.25) is 0 Å². The maximum atomic E-state index is 14.3. The summed E-state index contributed by atoms with van der Waals surface area (Å²) in [6, 6.07) is 8.79. The zero-order chi connectivity index (χ0) is 27.3. The van der Waals surface area contributed by atoms with Crippen molar-refractivity contribution in [2.75, 3.05) is 26.3 Å². The molecule has 8 heteroatoms. The van der Waals surface area contributed by atoms with Gasteiger partial charge in [0.15, 0.2) is 0 Å². The Balaban J connectivity index is 1.70. The van der Waals surface area contributed by atoms with E-state index in [0.29, 0.717) is 45.2 Å². The SMILES string of the molecule is C=CCCCOC(=O)[C@H]1[C@H]2C(=O)N(CCCO)C(C(=O)N(CC=C)Cc3ccccc3)C23CC[C@]1(CC)O3. The molecule has 5 atom stereocenters. The van der Waals surface area contributed by atoms with Crippen LogP contribution >= 0.6 is 0 Å². The van der Waals surface area contributed by atoms with Crippen molar-refractivity contribution in [3.8, 4) is 0 Å². The molecule has 0 aromatic heterocycles. The highest BCUT2D eigenvalue weighted by atomic mass is 16.6. The molecule has 3 heterocycles. The Bertz CT molecular complexity index is 1040. The van der Waals surface area contributed by atoms with Crippen molar-refractivity contribution in [1.82, 2.24) is 9.80 Å². The van der Waals surface area contributed by atoms with Crippen molar-refractivity contribution in [3.63, 3.8) is 0 Å². The van der Waals surface area contributed by atoms with E-state index in [-0.39, 0.29) is 31.6 Å². The Morgan fingerprint density at radius 3 is 2.63 bits per heavy atom. The highest BCUT2D eigenvalue weighted by molar-refractivity contribution is 5.98. The molecule has 206 valence electrons. The number of esters is 1. The van der Waals surface area contributed by atoms with Crippen LogP contribution in [0, 0.1) is 11.8 Å². The molecule has 1 spiro atoms. The monoisotopic (exact) mass is 524 g/mol. The molecule has 0 saturated carbocycles. The van der Waals surface area contributed by atoms with Crippen LogP contribution in [0.3, 0.4) is 0 Å². The molecule has 0 radical (unpaired) electrons. The zero-order valence-electron chi connectivity index (χ0n) is 22.3. The summed E-state index contributed by atoms with van der Waals surface area (Å²) in [5.41, 5.74) is -0.980. The number of aliphatic hydroxyl groups is 1. The minimum atomic E-state index is -1.11. The fourth-order valence-electron chi connectivity index (χ4n) is 6.69. The molecule has 8 nitrogen and oxygen atoms in total. The smallest absolute Gasteiger partial charge is 0.312 e. The lowest BCUT2D eigenvalue weighted by atomic mass is 9.65. The van der Waals surface area contributed by atoms with E-state index >= 15 is 0 Å². The quantitative estimate of drug-likeness (QED) is 0.228. The third kappa shape index (κ3) is 4.80. The minimum absolute atomic E-state index is 0.114. The van der Waals surface area contributed by atoms with Crippen LogP contribution in [0.15, 0.2) is 55.6 Å². The van der Waals surface area contributed by atoms with Gasteiger partial charge in [0.25, 0.3) is 0 Å². The minimum Gasteiger partial charge on any atom is -0.465 e. The van der Waals surface area contributed by atoms with Gasteiger partial charge in [-0.15, -0.1) is 13.2 Å². The number of hydrogen-bond donors (Lipinski definition) is 1. The van der Waals surface area contributed by atoms with Crippen LogP contribution in [0.25, 0.3) is 0 Å². The summed E-state index contributed by atoms with van der Waals surface area (Å²) in [4.78, 5) is 45.1. The van der Waals surface area contributed by atoms with Gasteiger partial charge in [0.2, 0.25) is 11.8 Å². The van der Waals surface area contributed by atoms with Crippen LogP contribution in [0.5, 0.6) is 0 Å². The van der Waals surface area contributed by atoms with E-state index in [1.807, 2.05) is 37.3 Å². The van der Waals surface area contributed by atoms with Gasteiger partial charge in [0.05, 0.1) is 18.1 Å². The number of hydrogen-bond acceptors (Lipinski definition) is 6. The van der Waals surface area contributed by atoms with E-state index in [4.69, 9.17) is 9.47 Å². The molecule has 2 bridgehead atoms. The van der Waals surface area contributed by atoms with Crippen molar-refractivity contribution < 1.29 is 29.0 Å². The van der Waals surface area contributed by atoms with Gasteiger partial charge in [-0.1, -0.05) is 49.4 Å². The Labute approximate surface area is 225 Å². The van der Waals surface area contributed by atoms with Crippen LogP contribution in [0.1, 0.15) is 51.0 Å². The van der Waals surface area contributed by atoms with Gasteiger partial charge in [-0.05, 0) is 44.1 Å². The topological polar surface area (TPSA) is 96.4 Å². The second-order valence-electron chi connectivity index (χ2n) is 10.5. The second-order valence-corrected chi connectivity index (χ2v) is 10.5. The number of benzene rings is 1. The number of carbonyl (C=O) groups is 3. The molecule has 1 aromatic rings. The highest BCUT2D eigenvalue weighted by Crippen LogP contribution is 2.64. The normalized spacial score (nSPS) is 29.3. The number of likely N-dealkylation sites (tertiary alicyclic amines) is 1. The number of amides is 2. The summed E-state index contributed by atoms with van der Waals surface area (Å²) in [5, 5.41) is 9.56. The zero-order valence-corrected chi connectivity index (χ0v) is 22.3. The van der Waals surface area contributed by atoms with Gasteiger partial charge in [0, 0.05) is 26.2 Å². The summed E-state index contributed by atoms with van der Waals surface area (Å²) in [6.07, 6.45) is 6.80. The fraction of sp³-hybridized carbons (Fsp3) is 0.567. The Morgan fingerprint density at radius 2 is 1.97 bits per heavy atom. The molecule has 38 heavy (non-hydrogen) atoms. The predicted molar refractivity (Wildman–Crippen MR) is 143 cm³/mol. The second kappa shape index (κ2) is 11.8. The number of ether oxygens (including phenoxy) is 2. The van der Waals surface area contributed by atoms with E-state index in [0.717, 1.165) is 12.0 Å². The number of nitrogens with zero attached hydrogens (tertiary/aromatic N) is 2. The molecule has 1 aromatic carbocycles. The predicted octanol–water partition coefficient (Wildman–Crippen LogP) is 3.25. The lowest BCUT2D eigenvalue weighted by Crippen LogP contribution is -2.56. The average molecular weight is 525 g/mol. The lowest BCUT2D eigenvalue weighted by molar-refractivity contribution is -0.162. The molecule has 3 fully saturated rings. The summed E-state index contributed by atoms with van der Waals surface area (Å²) < 4.78 is 12.4. The number of fused-ring (bicyclic) bond motifs is 1. The molecule has 2 amide bonds. The molecule has 4 rings (SSSR count). The molecule has 2 unspecified atom stereocenters. The maximum absolute atomic E-state index is 14.3. The van der Waals surface area contributed by atoms with Crippen molar-refractivity contribution in [2.24, 2.45) is 11.8 Å². The first-order valence-electron chi connectivity index (χ1n) is 13.7. The molecular formula is C30H40N2O6. The van der Waals surface area contributed by atoms with Crippen LogP contribution in [-0.4, -0.2) is 76.2 Å². The summed E-state index contributed by atoms with van der Waals surface area (Å²) >= 11 is 0. The van der Waals surface area contributed by atoms with Gasteiger partial charge in [-0.2, -0.15) is 0 Å². The van der Waals surface area contributed by atoms with Crippen molar-refractivity contribution >= 4 is 17.8 Å². The summed E-state index contributed by atoms with van der Waals surface area (Å²) in [5.74, 6) is -2.49. The van der Waals surface area contributed by atoms with Crippen molar-refractivity contribution in [2.45, 2.75) is 69.2 Å². The number of allylic oxidation sites excluding steroid dienone is 1. The average Bonchev–Trinajstić information content (AvgIpc) is 3.53. The van der Waals surface area contributed by atoms with E-state index in [1.165, 1.54) is 0 Å². The molecule has 1 N–H and O–H groups in total. The number of unbranched alkanes of at least 4 members (excludes halogenated alkanes) is 1. The molecule has 3 aliphatic rings. The van der Waals surface area contributed by atoms with Gasteiger partial charge >= 0.3 is 5.97 Å². The molecule has 0 aliphatic carbocycles. The lowest BCUT2D eigenvalue weighted by Gasteiger charge is -2.37. The molecule has 3 saturated heterocycles.